The van der Waals surface area contributed by atoms with E-state index in [2.05, 4.69) is 30.4 Å². The van der Waals surface area contributed by atoms with Crippen LogP contribution < -0.4 is 20.4 Å². The predicted octanol–water partition coefficient (Wildman–Crippen LogP) is -0.918. The van der Waals surface area contributed by atoms with Gasteiger partial charge in [0.05, 0.1) is 7.11 Å². The molecule has 0 radical (unpaired) electrons. The first-order chi connectivity index (χ1) is 10.8. The average Bonchev–Trinajstić information content (AvgIpc) is 2.62. The third-order valence-electron chi connectivity index (χ3n) is 3.94. The molecule has 22 heavy (non-hydrogen) atoms. The standard InChI is InChI=1S/C14H22N6O2/c1-22-13(21)11-10-12(19-6-2-15-3-7-19)18-14(17-11)20-8-4-16-5-9-20/h10,15-16H,2-9H2,1H3. The molecule has 3 heterocycles. The van der Waals surface area contributed by atoms with Crippen molar-refractivity contribution >= 4 is 17.7 Å². The van der Waals surface area contributed by atoms with E-state index >= 15 is 0 Å². The molecule has 0 spiro atoms. The number of esters is 1. The number of piperazine rings is 2. The molecule has 2 N–H and O–H groups in total. The van der Waals surface area contributed by atoms with Gasteiger partial charge in [-0.25, -0.2) is 9.78 Å². The fourth-order valence-electron chi connectivity index (χ4n) is 2.69. The minimum atomic E-state index is -0.421. The molecule has 2 fully saturated rings. The first kappa shape index (κ1) is 15.0. The smallest absolute Gasteiger partial charge is 0.356 e. The predicted molar refractivity (Wildman–Crippen MR) is 83.5 cm³/mol. The second-order valence-corrected chi connectivity index (χ2v) is 5.38. The zero-order chi connectivity index (χ0) is 15.4. The molecule has 2 saturated heterocycles. The molecule has 0 aromatic carbocycles. The van der Waals surface area contributed by atoms with Crippen molar-refractivity contribution in [1.29, 1.82) is 0 Å². The van der Waals surface area contributed by atoms with E-state index in [0.29, 0.717) is 11.6 Å². The highest BCUT2D eigenvalue weighted by Crippen LogP contribution is 2.19. The van der Waals surface area contributed by atoms with Crippen LogP contribution in [0.2, 0.25) is 0 Å². The molecule has 1 aromatic heterocycles. The van der Waals surface area contributed by atoms with Crippen molar-refractivity contribution < 1.29 is 9.53 Å². The van der Waals surface area contributed by atoms with Gasteiger partial charge in [0.1, 0.15) is 5.82 Å². The van der Waals surface area contributed by atoms with Gasteiger partial charge in [-0.1, -0.05) is 0 Å². The fourth-order valence-corrected chi connectivity index (χ4v) is 2.69. The molecule has 2 aliphatic heterocycles. The number of hydrogen-bond donors (Lipinski definition) is 2. The van der Waals surface area contributed by atoms with Crippen LogP contribution in [0.25, 0.3) is 0 Å². The Hall–Kier alpha value is -1.93. The van der Waals surface area contributed by atoms with Gasteiger partial charge in [-0.15, -0.1) is 0 Å². The van der Waals surface area contributed by atoms with Gasteiger partial charge in [0.2, 0.25) is 5.95 Å². The molecule has 3 rings (SSSR count). The number of rotatable bonds is 3. The van der Waals surface area contributed by atoms with E-state index in [0.717, 1.165) is 58.2 Å². The van der Waals surface area contributed by atoms with Gasteiger partial charge in [-0.05, 0) is 0 Å². The molecule has 2 aliphatic rings. The monoisotopic (exact) mass is 306 g/mol. The molecular weight excluding hydrogens is 284 g/mol. The Labute approximate surface area is 129 Å². The van der Waals surface area contributed by atoms with E-state index in [1.54, 1.807) is 6.07 Å². The maximum absolute atomic E-state index is 11.9. The lowest BCUT2D eigenvalue weighted by molar-refractivity contribution is 0.0594. The number of ether oxygens (including phenoxy) is 1. The number of methoxy groups -OCH3 is 1. The van der Waals surface area contributed by atoms with Crippen molar-refractivity contribution in [3.63, 3.8) is 0 Å². The van der Waals surface area contributed by atoms with E-state index in [-0.39, 0.29) is 0 Å². The normalized spacial score (nSPS) is 19.1. The van der Waals surface area contributed by atoms with Crippen LogP contribution in [-0.2, 0) is 4.74 Å². The molecule has 0 unspecified atom stereocenters. The Morgan fingerprint density at radius 2 is 1.64 bits per heavy atom. The van der Waals surface area contributed by atoms with Crippen molar-refractivity contribution in [2.45, 2.75) is 0 Å². The number of carbonyl (C=O) groups is 1. The summed E-state index contributed by atoms with van der Waals surface area (Å²) >= 11 is 0. The SMILES string of the molecule is COC(=O)c1cc(N2CCNCC2)nc(N2CCNCC2)n1. The Bertz CT molecular complexity index is 490. The van der Waals surface area contributed by atoms with Gasteiger partial charge >= 0.3 is 5.97 Å². The van der Waals surface area contributed by atoms with Gasteiger partial charge in [-0.2, -0.15) is 4.98 Å². The molecule has 8 heteroatoms. The molecule has 0 atom stereocenters. The van der Waals surface area contributed by atoms with E-state index in [9.17, 15) is 4.79 Å². The van der Waals surface area contributed by atoms with Crippen molar-refractivity contribution in [1.82, 2.24) is 20.6 Å². The van der Waals surface area contributed by atoms with E-state index in [1.807, 2.05) is 0 Å². The Morgan fingerprint density at radius 1 is 1.05 bits per heavy atom. The van der Waals surface area contributed by atoms with Gasteiger partial charge in [0, 0.05) is 58.4 Å². The summed E-state index contributed by atoms with van der Waals surface area (Å²) in [5, 5.41) is 6.62. The van der Waals surface area contributed by atoms with Crippen LogP contribution in [0.5, 0.6) is 0 Å². The molecule has 120 valence electrons. The topological polar surface area (TPSA) is 82.6 Å². The highest BCUT2D eigenvalue weighted by molar-refractivity contribution is 5.88. The maximum atomic E-state index is 11.9. The summed E-state index contributed by atoms with van der Waals surface area (Å²) in [4.78, 5) is 25.3. The van der Waals surface area contributed by atoms with Crippen LogP contribution in [0.1, 0.15) is 10.5 Å². The summed E-state index contributed by atoms with van der Waals surface area (Å²) in [6, 6.07) is 1.73. The lowest BCUT2D eigenvalue weighted by Gasteiger charge is -2.31. The minimum absolute atomic E-state index is 0.319. The Kier molecular flexibility index (Phi) is 4.69. The first-order valence-electron chi connectivity index (χ1n) is 7.66. The lowest BCUT2D eigenvalue weighted by atomic mass is 10.3. The second-order valence-electron chi connectivity index (χ2n) is 5.38. The molecule has 1 aromatic rings. The van der Waals surface area contributed by atoms with Crippen LogP contribution >= 0.6 is 0 Å². The van der Waals surface area contributed by atoms with Gasteiger partial charge in [-0.3, -0.25) is 0 Å². The van der Waals surface area contributed by atoms with E-state index in [1.165, 1.54) is 7.11 Å². The third-order valence-corrected chi connectivity index (χ3v) is 3.94. The largest absolute Gasteiger partial charge is 0.464 e. The molecule has 0 amide bonds. The van der Waals surface area contributed by atoms with Gasteiger partial charge in [0.15, 0.2) is 5.69 Å². The molecule has 0 bridgehead atoms. The first-order valence-corrected chi connectivity index (χ1v) is 7.66. The van der Waals surface area contributed by atoms with Gasteiger partial charge < -0.3 is 25.2 Å². The van der Waals surface area contributed by atoms with E-state index < -0.39 is 5.97 Å². The average molecular weight is 306 g/mol. The number of carbonyl (C=O) groups excluding carboxylic acids is 1. The summed E-state index contributed by atoms with van der Waals surface area (Å²) in [7, 11) is 1.37. The van der Waals surface area contributed by atoms with Gasteiger partial charge in [0.25, 0.3) is 0 Å². The highest BCUT2D eigenvalue weighted by Gasteiger charge is 2.21. The third kappa shape index (κ3) is 3.28. The van der Waals surface area contributed by atoms with Crippen molar-refractivity contribution in [3.8, 4) is 0 Å². The summed E-state index contributed by atoms with van der Waals surface area (Å²) < 4.78 is 4.83. The molecular formula is C14H22N6O2. The zero-order valence-electron chi connectivity index (χ0n) is 12.8. The number of hydrogen-bond acceptors (Lipinski definition) is 8. The maximum Gasteiger partial charge on any atom is 0.356 e. The highest BCUT2D eigenvalue weighted by atomic mass is 16.5. The minimum Gasteiger partial charge on any atom is -0.464 e. The van der Waals surface area contributed by atoms with Crippen molar-refractivity contribution in [2.24, 2.45) is 0 Å². The molecule has 0 saturated carbocycles. The van der Waals surface area contributed by atoms with E-state index in [4.69, 9.17) is 4.74 Å². The van der Waals surface area contributed by atoms with Crippen LogP contribution in [0.15, 0.2) is 6.07 Å². The Morgan fingerprint density at radius 3 is 2.23 bits per heavy atom. The van der Waals surface area contributed by atoms with Crippen LogP contribution in [0.3, 0.4) is 0 Å². The molecule has 0 aliphatic carbocycles. The lowest BCUT2D eigenvalue weighted by Crippen LogP contribution is -2.46. The number of aromatic nitrogens is 2. The molecule has 8 nitrogen and oxygen atoms in total. The van der Waals surface area contributed by atoms with Crippen molar-refractivity contribution in [3.05, 3.63) is 11.8 Å². The fraction of sp³-hybridized carbons (Fsp3) is 0.643. The summed E-state index contributed by atoms with van der Waals surface area (Å²) in [5.41, 5.74) is 0.319. The summed E-state index contributed by atoms with van der Waals surface area (Å²) in [6.07, 6.45) is 0. The Balaban J connectivity index is 1.91. The second kappa shape index (κ2) is 6.89. The van der Waals surface area contributed by atoms with Crippen molar-refractivity contribution in [2.75, 3.05) is 69.3 Å². The quantitative estimate of drug-likeness (QED) is 0.694. The number of nitrogens with one attached hydrogen (secondary N) is 2. The van der Waals surface area contributed by atoms with Crippen LogP contribution in [-0.4, -0.2) is 75.4 Å². The van der Waals surface area contributed by atoms with Crippen LogP contribution in [0, 0.1) is 0 Å². The number of anilines is 2. The summed E-state index contributed by atoms with van der Waals surface area (Å²) in [5.74, 6) is 0.985. The number of nitrogens with zero attached hydrogens (tertiary/aromatic N) is 4. The van der Waals surface area contributed by atoms with Crippen LogP contribution in [0.4, 0.5) is 11.8 Å². The summed E-state index contributed by atoms with van der Waals surface area (Å²) in [6.45, 7) is 7.05. The zero-order valence-corrected chi connectivity index (χ0v) is 12.8.